The Bertz CT molecular complexity index is 248. The molecule has 0 radical (unpaired) electrons. The van der Waals surface area contributed by atoms with Gasteiger partial charge in [-0.1, -0.05) is 0 Å². The SMILES string of the molecule is CSCCC(C)N(C)C(=O)N(C)CC(=O)O. The van der Waals surface area contributed by atoms with E-state index in [9.17, 15) is 9.59 Å². The van der Waals surface area contributed by atoms with Gasteiger partial charge in [0, 0.05) is 20.1 Å². The van der Waals surface area contributed by atoms with E-state index >= 15 is 0 Å². The minimum Gasteiger partial charge on any atom is -0.480 e. The van der Waals surface area contributed by atoms with Crippen molar-refractivity contribution in [1.29, 1.82) is 0 Å². The van der Waals surface area contributed by atoms with Crippen molar-refractivity contribution in [1.82, 2.24) is 9.80 Å². The van der Waals surface area contributed by atoms with Crippen LogP contribution in [0.2, 0.25) is 0 Å². The van der Waals surface area contributed by atoms with Crippen molar-refractivity contribution >= 4 is 23.8 Å². The van der Waals surface area contributed by atoms with Gasteiger partial charge in [-0.05, 0) is 25.4 Å². The molecule has 1 N–H and O–H groups in total. The number of hydrogen-bond acceptors (Lipinski definition) is 3. The van der Waals surface area contributed by atoms with Crippen LogP contribution in [0.3, 0.4) is 0 Å². The zero-order valence-electron chi connectivity index (χ0n) is 10.3. The molecule has 0 aromatic carbocycles. The second kappa shape index (κ2) is 7.38. The van der Waals surface area contributed by atoms with Gasteiger partial charge in [0.15, 0.2) is 0 Å². The summed E-state index contributed by atoms with van der Waals surface area (Å²) in [6.45, 7) is 1.70. The second-order valence-electron chi connectivity index (χ2n) is 3.77. The molecule has 0 bridgehead atoms. The maximum absolute atomic E-state index is 11.8. The summed E-state index contributed by atoms with van der Waals surface area (Å²) in [6.07, 6.45) is 2.93. The Labute approximate surface area is 101 Å². The van der Waals surface area contributed by atoms with Gasteiger partial charge in [0.05, 0.1) is 0 Å². The fourth-order valence-electron chi connectivity index (χ4n) is 1.21. The van der Waals surface area contributed by atoms with Crippen LogP contribution >= 0.6 is 11.8 Å². The number of amides is 2. The van der Waals surface area contributed by atoms with Gasteiger partial charge in [-0.15, -0.1) is 0 Å². The Balaban J connectivity index is 4.19. The molecule has 6 heteroatoms. The van der Waals surface area contributed by atoms with E-state index < -0.39 is 5.97 Å². The van der Waals surface area contributed by atoms with Gasteiger partial charge in [-0.3, -0.25) is 4.79 Å². The van der Waals surface area contributed by atoms with Crippen molar-refractivity contribution in [2.24, 2.45) is 0 Å². The normalized spacial score (nSPS) is 12.0. The first-order chi connectivity index (χ1) is 7.40. The molecule has 2 amide bonds. The molecule has 0 saturated heterocycles. The van der Waals surface area contributed by atoms with Crippen LogP contribution in [0.1, 0.15) is 13.3 Å². The maximum atomic E-state index is 11.8. The number of urea groups is 1. The highest BCUT2D eigenvalue weighted by Gasteiger charge is 2.20. The third-order valence-corrected chi connectivity index (χ3v) is 3.05. The Kier molecular flexibility index (Phi) is 6.96. The number of carboxylic acid groups (broad SMARTS) is 1. The van der Waals surface area contributed by atoms with Crippen molar-refractivity contribution < 1.29 is 14.7 Å². The van der Waals surface area contributed by atoms with Crippen molar-refractivity contribution in [2.75, 3.05) is 32.6 Å². The highest BCUT2D eigenvalue weighted by Crippen LogP contribution is 2.07. The van der Waals surface area contributed by atoms with Crippen molar-refractivity contribution in [3.8, 4) is 0 Å². The predicted molar refractivity (Wildman–Crippen MR) is 65.9 cm³/mol. The molecule has 0 fully saturated rings. The first kappa shape index (κ1) is 15.1. The van der Waals surface area contributed by atoms with Gasteiger partial charge in [-0.25, -0.2) is 4.79 Å². The fraction of sp³-hybridized carbons (Fsp3) is 0.800. The first-order valence-corrected chi connectivity index (χ1v) is 6.48. The summed E-state index contributed by atoms with van der Waals surface area (Å²) < 4.78 is 0. The van der Waals surface area contributed by atoms with Gasteiger partial charge in [0.25, 0.3) is 0 Å². The summed E-state index contributed by atoms with van der Waals surface area (Å²) in [4.78, 5) is 25.0. The summed E-state index contributed by atoms with van der Waals surface area (Å²) in [5.41, 5.74) is 0. The van der Waals surface area contributed by atoms with Crippen LogP contribution in [0.25, 0.3) is 0 Å². The smallest absolute Gasteiger partial charge is 0.323 e. The van der Waals surface area contributed by atoms with Crippen molar-refractivity contribution in [2.45, 2.75) is 19.4 Å². The molecular formula is C10H20N2O3S. The molecule has 0 rings (SSSR count). The molecule has 0 spiro atoms. The maximum Gasteiger partial charge on any atom is 0.323 e. The number of nitrogens with zero attached hydrogens (tertiary/aromatic N) is 2. The molecule has 0 aliphatic heterocycles. The molecular weight excluding hydrogens is 228 g/mol. The number of hydrogen-bond donors (Lipinski definition) is 1. The summed E-state index contributed by atoms with van der Waals surface area (Å²) in [7, 11) is 3.19. The van der Waals surface area contributed by atoms with Gasteiger partial charge < -0.3 is 14.9 Å². The number of carbonyl (C=O) groups is 2. The number of thioether (sulfide) groups is 1. The van der Waals surface area contributed by atoms with Crippen molar-refractivity contribution in [3.63, 3.8) is 0 Å². The highest BCUT2D eigenvalue weighted by atomic mass is 32.2. The minimum absolute atomic E-state index is 0.121. The van der Waals surface area contributed by atoms with Crippen LogP contribution in [-0.4, -0.2) is 65.6 Å². The van der Waals surface area contributed by atoms with E-state index in [2.05, 4.69) is 0 Å². The van der Waals surface area contributed by atoms with E-state index in [1.807, 2.05) is 13.2 Å². The molecule has 16 heavy (non-hydrogen) atoms. The molecule has 0 aliphatic carbocycles. The predicted octanol–water partition coefficient (Wildman–Crippen LogP) is 1.20. The van der Waals surface area contributed by atoms with E-state index in [1.165, 1.54) is 11.9 Å². The molecule has 0 heterocycles. The van der Waals surface area contributed by atoms with Gasteiger partial charge in [0.1, 0.15) is 6.54 Å². The lowest BCUT2D eigenvalue weighted by atomic mass is 10.2. The molecule has 94 valence electrons. The number of carbonyl (C=O) groups excluding carboxylic acids is 1. The van der Waals surface area contributed by atoms with Crippen LogP contribution in [0.5, 0.6) is 0 Å². The minimum atomic E-state index is -0.999. The van der Waals surface area contributed by atoms with Crippen LogP contribution < -0.4 is 0 Å². The lowest BCUT2D eigenvalue weighted by Crippen LogP contribution is -2.45. The van der Waals surface area contributed by atoms with E-state index in [-0.39, 0.29) is 18.6 Å². The van der Waals surface area contributed by atoms with Crippen molar-refractivity contribution in [3.05, 3.63) is 0 Å². The van der Waals surface area contributed by atoms with Gasteiger partial charge in [0.2, 0.25) is 0 Å². The summed E-state index contributed by atoms with van der Waals surface area (Å²) in [6, 6.07) is -0.132. The van der Waals surface area contributed by atoms with Crippen LogP contribution in [0.4, 0.5) is 4.79 Å². The van der Waals surface area contributed by atoms with Crippen LogP contribution in [-0.2, 0) is 4.79 Å². The summed E-state index contributed by atoms with van der Waals surface area (Å²) in [5, 5.41) is 8.58. The van der Waals surface area contributed by atoms with Crippen LogP contribution in [0.15, 0.2) is 0 Å². The molecule has 1 unspecified atom stereocenters. The Morgan fingerprint density at radius 1 is 1.38 bits per heavy atom. The summed E-state index contributed by atoms with van der Waals surface area (Å²) in [5.74, 6) is -0.0115. The topological polar surface area (TPSA) is 60.9 Å². The number of carboxylic acids is 1. The average Bonchev–Trinajstić information content (AvgIpc) is 2.22. The van der Waals surface area contributed by atoms with E-state index in [0.29, 0.717) is 0 Å². The molecule has 0 aromatic rings. The van der Waals surface area contributed by atoms with E-state index in [0.717, 1.165) is 12.2 Å². The third-order valence-electron chi connectivity index (χ3n) is 2.40. The van der Waals surface area contributed by atoms with Gasteiger partial charge in [-0.2, -0.15) is 11.8 Å². The second-order valence-corrected chi connectivity index (χ2v) is 4.76. The highest BCUT2D eigenvalue weighted by molar-refractivity contribution is 7.98. The lowest BCUT2D eigenvalue weighted by molar-refractivity contribution is -0.137. The fourth-order valence-corrected chi connectivity index (χ4v) is 1.79. The zero-order valence-corrected chi connectivity index (χ0v) is 11.1. The molecule has 0 aliphatic rings. The van der Waals surface area contributed by atoms with Crippen LogP contribution in [0, 0.1) is 0 Å². The van der Waals surface area contributed by atoms with Gasteiger partial charge >= 0.3 is 12.0 Å². The Morgan fingerprint density at radius 2 is 1.94 bits per heavy atom. The average molecular weight is 248 g/mol. The zero-order chi connectivity index (χ0) is 12.7. The quantitative estimate of drug-likeness (QED) is 0.767. The monoisotopic (exact) mass is 248 g/mol. The Hall–Kier alpha value is -0.910. The summed E-state index contributed by atoms with van der Waals surface area (Å²) >= 11 is 1.73. The first-order valence-electron chi connectivity index (χ1n) is 5.08. The lowest BCUT2D eigenvalue weighted by Gasteiger charge is -2.28. The third kappa shape index (κ3) is 5.25. The van der Waals surface area contributed by atoms with E-state index in [1.54, 1.807) is 23.7 Å². The standard InChI is InChI=1S/C10H20N2O3S/c1-8(5-6-16-4)12(3)10(15)11(2)7-9(13)14/h8H,5-7H2,1-4H3,(H,13,14). The van der Waals surface area contributed by atoms with E-state index in [4.69, 9.17) is 5.11 Å². The molecule has 0 aromatic heterocycles. The number of likely N-dealkylation sites (N-methyl/N-ethyl adjacent to an activating group) is 1. The molecule has 1 atom stereocenters. The number of rotatable bonds is 6. The molecule has 5 nitrogen and oxygen atoms in total. The Morgan fingerprint density at radius 3 is 2.38 bits per heavy atom. The largest absolute Gasteiger partial charge is 0.480 e. The number of aliphatic carboxylic acids is 1. The molecule has 0 saturated carbocycles.